The van der Waals surface area contributed by atoms with E-state index in [2.05, 4.69) is 15.9 Å². The van der Waals surface area contributed by atoms with E-state index in [-0.39, 0.29) is 0 Å². The van der Waals surface area contributed by atoms with E-state index in [1.807, 2.05) is 18.2 Å². The number of benzene rings is 2. The monoisotopic (exact) mass is 497 g/mol. The average Bonchev–Trinajstić information content (AvgIpc) is 3.00. The summed E-state index contributed by atoms with van der Waals surface area (Å²) in [6, 6.07) is 9.07. The number of ether oxygens (including phenoxy) is 2. The zero-order valence-electron chi connectivity index (χ0n) is 17.3. The number of halogens is 3. The minimum atomic E-state index is -3.25. The summed E-state index contributed by atoms with van der Waals surface area (Å²) in [6.07, 6.45) is -1.91. The van der Waals surface area contributed by atoms with Crippen LogP contribution in [0.4, 0.5) is 13.6 Å². The summed E-state index contributed by atoms with van der Waals surface area (Å²) in [4.78, 5) is 37.8. The van der Waals surface area contributed by atoms with Crippen molar-refractivity contribution in [3.8, 4) is 0 Å². The highest BCUT2D eigenvalue weighted by atomic mass is 79.9. The molecule has 2 aromatic carbocycles. The van der Waals surface area contributed by atoms with Gasteiger partial charge in [-0.3, -0.25) is 9.69 Å². The van der Waals surface area contributed by atoms with Gasteiger partial charge in [0.1, 0.15) is 11.6 Å². The molecule has 0 aromatic heterocycles. The maximum absolute atomic E-state index is 13.9. The van der Waals surface area contributed by atoms with Crippen molar-refractivity contribution < 1.29 is 32.6 Å². The molecule has 0 radical (unpaired) electrons. The van der Waals surface area contributed by atoms with Crippen LogP contribution in [0.3, 0.4) is 0 Å². The molecule has 0 saturated carbocycles. The standard InChI is InChI=1S/C22H22BrF2NO5/c1-21(2,3)31-20(29)26-12-22(24,25)10-17(26)19(28)30-11-18(27)15-5-4-14-9-16(23)7-6-13(14)8-15/h4-9,17H,10-12H2,1-3H3/t17-/m0/s1. The van der Waals surface area contributed by atoms with Gasteiger partial charge in [0, 0.05) is 16.5 Å². The van der Waals surface area contributed by atoms with Crippen molar-refractivity contribution in [2.45, 2.75) is 44.8 Å². The van der Waals surface area contributed by atoms with Crippen LogP contribution in [0.5, 0.6) is 0 Å². The van der Waals surface area contributed by atoms with E-state index < -0.39 is 55.0 Å². The van der Waals surface area contributed by atoms with Crippen molar-refractivity contribution in [2.24, 2.45) is 0 Å². The van der Waals surface area contributed by atoms with Gasteiger partial charge in [-0.05, 0) is 49.7 Å². The first-order chi connectivity index (χ1) is 14.3. The Hall–Kier alpha value is -2.55. The van der Waals surface area contributed by atoms with Crippen LogP contribution in [-0.4, -0.2) is 53.5 Å². The van der Waals surface area contributed by atoms with Gasteiger partial charge in [0.05, 0.1) is 6.54 Å². The van der Waals surface area contributed by atoms with E-state index in [0.717, 1.165) is 15.2 Å². The minimum Gasteiger partial charge on any atom is -0.456 e. The number of carbonyl (C=O) groups is 3. The van der Waals surface area contributed by atoms with Gasteiger partial charge in [-0.15, -0.1) is 0 Å². The van der Waals surface area contributed by atoms with Gasteiger partial charge in [0.2, 0.25) is 0 Å². The van der Waals surface area contributed by atoms with Crippen molar-refractivity contribution >= 4 is 44.5 Å². The van der Waals surface area contributed by atoms with E-state index >= 15 is 0 Å². The summed E-state index contributed by atoms with van der Waals surface area (Å²) in [7, 11) is 0. The Morgan fingerprint density at radius 1 is 1.13 bits per heavy atom. The molecule has 1 aliphatic heterocycles. The van der Waals surface area contributed by atoms with E-state index in [9.17, 15) is 23.2 Å². The highest BCUT2D eigenvalue weighted by molar-refractivity contribution is 9.10. The Labute approximate surface area is 186 Å². The van der Waals surface area contributed by atoms with Gasteiger partial charge in [0.15, 0.2) is 12.4 Å². The van der Waals surface area contributed by atoms with Crippen molar-refractivity contribution in [3.05, 3.63) is 46.4 Å². The number of hydrogen-bond donors (Lipinski definition) is 0. The van der Waals surface area contributed by atoms with Gasteiger partial charge in [-0.2, -0.15) is 0 Å². The van der Waals surface area contributed by atoms with Gasteiger partial charge in [0.25, 0.3) is 5.92 Å². The molecular formula is C22H22BrF2NO5. The zero-order chi connectivity index (χ0) is 23.0. The fourth-order valence-electron chi connectivity index (χ4n) is 3.25. The summed E-state index contributed by atoms with van der Waals surface area (Å²) < 4.78 is 38.8. The predicted molar refractivity (Wildman–Crippen MR) is 113 cm³/mol. The fourth-order valence-corrected chi connectivity index (χ4v) is 3.62. The number of nitrogens with zero attached hydrogens (tertiary/aromatic N) is 1. The maximum atomic E-state index is 13.9. The van der Waals surface area contributed by atoms with Gasteiger partial charge in [-0.1, -0.05) is 34.1 Å². The summed E-state index contributed by atoms with van der Waals surface area (Å²) in [5.41, 5.74) is -0.589. The molecule has 0 unspecified atom stereocenters. The molecule has 1 heterocycles. The Morgan fingerprint density at radius 2 is 1.77 bits per heavy atom. The lowest BCUT2D eigenvalue weighted by Gasteiger charge is -2.27. The molecule has 1 atom stereocenters. The fraction of sp³-hybridized carbons (Fsp3) is 0.409. The molecule has 1 amide bonds. The number of esters is 1. The SMILES string of the molecule is CC(C)(C)OC(=O)N1CC(F)(F)C[C@H]1C(=O)OCC(=O)c1ccc2cc(Br)ccc2c1. The molecule has 9 heteroatoms. The summed E-state index contributed by atoms with van der Waals surface area (Å²) >= 11 is 3.38. The smallest absolute Gasteiger partial charge is 0.411 e. The third kappa shape index (κ3) is 5.78. The molecule has 1 fully saturated rings. The number of rotatable bonds is 4. The second-order valence-electron chi connectivity index (χ2n) is 8.42. The molecule has 0 bridgehead atoms. The topological polar surface area (TPSA) is 72.9 Å². The van der Waals surface area contributed by atoms with Crippen LogP contribution in [-0.2, 0) is 14.3 Å². The predicted octanol–water partition coefficient (Wildman–Crippen LogP) is 4.97. The molecule has 0 spiro atoms. The highest BCUT2D eigenvalue weighted by Crippen LogP contribution is 2.33. The number of hydrogen-bond acceptors (Lipinski definition) is 5. The van der Waals surface area contributed by atoms with Crippen LogP contribution in [0.2, 0.25) is 0 Å². The summed E-state index contributed by atoms with van der Waals surface area (Å²) in [5.74, 6) is -4.80. The summed E-state index contributed by atoms with van der Waals surface area (Å²) in [5, 5.41) is 1.75. The van der Waals surface area contributed by atoms with Crippen molar-refractivity contribution in [1.82, 2.24) is 4.90 Å². The van der Waals surface area contributed by atoms with E-state index in [1.165, 1.54) is 0 Å². The van der Waals surface area contributed by atoms with Crippen molar-refractivity contribution in [1.29, 1.82) is 0 Å². The second-order valence-corrected chi connectivity index (χ2v) is 9.34. The van der Waals surface area contributed by atoms with Gasteiger partial charge < -0.3 is 9.47 Å². The van der Waals surface area contributed by atoms with Gasteiger partial charge >= 0.3 is 12.1 Å². The van der Waals surface area contributed by atoms with E-state index in [0.29, 0.717) is 10.5 Å². The molecule has 166 valence electrons. The maximum Gasteiger partial charge on any atom is 0.411 e. The molecule has 3 rings (SSSR count). The molecule has 1 saturated heterocycles. The van der Waals surface area contributed by atoms with Crippen molar-refractivity contribution in [3.63, 3.8) is 0 Å². The van der Waals surface area contributed by atoms with Crippen LogP contribution in [0.1, 0.15) is 37.6 Å². The number of Topliss-reactive ketones (excluding diaryl/α,β-unsaturated/α-hetero) is 1. The average molecular weight is 498 g/mol. The number of likely N-dealkylation sites (tertiary alicyclic amines) is 1. The molecule has 1 aliphatic rings. The molecule has 31 heavy (non-hydrogen) atoms. The molecular weight excluding hydrogens is 476 g/mol. The zero-order valence-corrected chi connectivity index (χ0v) is 18.9. The van der Waals surface area contributed by atoms with Crippen LogP contribution < -0.4 is 0 Å². The Morgan fingerprint density at radius 3 is 2.45 bits per heavy atom. The lowest BCUT2D eigenvalue weighted by Crippen LogP contribution is -2.44. The largest absolute Gasteiger partial charge is 0.456 e. The number of ketones is 1. The number of carbonyl (C=O) groups excluding carboxylic acids is 3. The number of alkyl halides is 2. The first kappa shape index (κ1) is 23.1. The third-order valence-electron chi connectivity index (χ3n) is 4.64. The Kier molecular flexibility index (Phi) is 6.36. The molecule has 0 aliphatic carbocycles. The normalized spacial score (nSPS) is 18.1. The molecule has 0 N–H and O–H groups in total. The minimum absolute atomic E-state index is 0.323. The van der Waals surface area contributed by atoms with E-state index in [4.69, 9.17) is 9.47 Å². The van der Waals surface area contributed by atoms with Crippen molar-refractivity contribution in [2.75, 3.05) is 13.2 Å². The lowest BCUT2D eigenvalue weighted by atomic mass is 10.0. The first-order valence-corrected chi connectivity index (χ1v) is 10.4. The van der Waals surface area contributed by atoms with Crippen LogP contribution in [0.25, 0.3) is 10.8 Å². The second kappa shape index (κ2) is 8.53. The lowest BCUT2D eigenvalue weighted by molar-refractivity contribution is -0.147. The first-order valence-electron chi connectivity index (χ1n) is 9.61. The van der Waals surface area contributed by atoms with E-state index in [1.54, 1.807) is 39.0 Å². The van der Waals surface area contributed by atoms with Crippen LogP contribution >= 0.6 is 15.9 Å². The van der Waals surface area contributed by atoms with Crippen LogP contribution in [0, 0.1) is 0 Å². The molecule has 6 nitrogen and oxygen atoms in total. The third-order valence-corrected chi connectivity index (χ3v) is 5.13. The van der Waals surface area contributed by atoms with Gasteiger partial charge in [-0.25, -0.2) is 18.4 Å². The highest BCUT2D eigenvalue weighted by Gasteiger charge is 2.52. The summed E-state index contributed by atoms with van der Waals surface area (Å²) in [6.45, 7) is 3.20. The molecule has 2 aromatic rings. The Balaban J connectivity index is 1.67. The Bertz CT molecular complexity index is 1030. The number of amides is 1. The quantitative estimate of drug-likeness (QED) is 0.440. The van der Waals surface area contributed by atoms with Crippen LogP contribution in [0.15, 0.2) is 40.9 Å². The number of fused-ring (bicyclic) bond motifs is 1.